The summed E-state index contributed by atoms with van der Waals surface area (Å²) < 4.78 is 0. The molecule has 0 fully saturated rings. The highest BCUT2D eigenvalue weighted by molar-refractivity contribution is 7.74. The zero-order valence-electron chi connectivity index (χ0n) is 13.3. The first kappa shape index (κ1) is 21.9. The third-order valence-corrected chi connectivity index (χ3v) is 321. The van der Waals surface area contributed by atoms with Crippen LogP contribution in [0.5, 0.6) is 0 Å². The third kappa shape index (κ3) is 19.9. The lowest BCUT2D eigenvalue weighted by Gasteiger charge is -1.98. The molecule has 0 aliphatic heterocycles. The van der Waals surface area contributed by atoms with Crippen molar-refractivity contribution in [3.8, 4) is 0 Å². The second kappa shape index (κ2) is 20.9. The molecular formula is H38Si18. The van der Waals surface area contributed by atoms with Gasteiger partial charge in [0.05, 0.1) is 0 Å². The summed E-state index contributed by atoms with van der Waals surface area (Å²) in [5.74, 6) is 0. The molecule has 0 nitrogen and oxygen atoms in total. The van der Waals surface area contributed by atoms with Crippen molar-refractivity contribution >= 4 is 156 Å². The molecule has 0 aliphatic rings. The Morgan fingerprint density at radius 2 is 0.444 bits per heavy atom. The van der Waals surface area contributed by atoms with Gasteiger partial charge in [-0.1, -0.05) is 0 Å². The van der Waals surface area contributed by atoms with Crippen LogP contribution in [-0.4, -0.2) is 156 Å². The fourth-order valence-electron chi connectivity index (χ4n) is 2.62. The minimum Gasteiger partial charge on any atom is -0.0120 e. The van der Waals surface area contributed by atoms with E-state index in [1.807, 2.05) is 0 Å². The molecule has 0 unspecified atom stereocenters. The van der Waals surface area contributed by atoms with Gasteiger partial charge in [0.25, 0.3) is 0 Å². The largest absolute Gasteiger partial charge is 0.0120 e. The topological polar surface area (TPSA) is 0 Å². The zero-order chi connectivity index (χ0) is 13.3. The molecule has 18 heavy (non-hydrogen) atoms. The van der Waals surface area contributed by atoms with Crippen LogP contribution < -0.4 is 0 Å². The first-order chi connectivity index (χ1) is 8.91. The molecule has 0 amide bonds. The quantitative estimate of drug-likeness (QED) is 0.142. The van der Waals surface area contributed by atoms with Gasteiger partial charge in [-0.25, -0.2) is 0 Å². The first-order valence-electron chi connectivity index (χ1n) is 8.91. The van der Waals surface area contributed by atoms with Crippen molar-refractivity contribution < 1.29 is 0 Å². The molecule has 0 heterocycles. The minimum atomic E-state index is 0.818. The van der Waals surface area contributed by atoms with E-state index in [1.54, 1.807) is 19.5 Å². The summed E-state index contributed by atoms with van der Waals surface area (Å²) in [7, 11) is 18.0. The molecule has 110 valence electrons. The van der Waals surface area contributed by atoms with E-state index in [9.17, 15) is 0 Å². The molecule has 0 spiro atoms. The lowest BCUT2D eigenvalue weighted by molar-refractivity contribution is 3.78. The summed E-state index contributed by atoms with van der Waals surface area (Å²) in [4.78, 5) is 0. The fourth-order valence-corrected chi connectivity index (χ4v) is 637. The van der Waals surface area contributed by atoms with E-state index >= 15 is 0 Å². The van der Waals surface area contributed by atoms with Crippen molar-refractivity contribution in [2.24, 2.45) is 0 Å². The Morgan fingerprint density at radius 1 is 0.278 bits per heavy atom. The average molecular weight is 544 g/mol. The Bertz CT molecular complexity index is 112. The fraction of sp³-hybridized carbons (Fsp3) is 0. The lowest BCUT2D eigenvalue weighted by atomic mass is 26.1. The number of hydrogen-bond donors (Lipinski definition) is 0. The van der Waals surface area contributed by atoms with Crippen LogP contribution in [0.3, 0.4) is 0 Å². The van der Waals surface area contributed by atoms with Crippen LogP contribution in [-0.2, 0) is 0 Å². The smallest absolute Gasteiger partial charge is 0.00934 e. The summed E-state index contributed by atoms with van der Waals surface area (Å²) >= 11 is 0. The van der Waals surface area contributed by atoms with Crippen LogP contribution in [0.4, 0.5) is 0 Å². The van der Waals surface area contributed by atoms with Crippen LogP contribution >= 0.6 is 0 Å². The molecule has 0 atom stereocenters. The number of rotatable bonds is 15. The van der Waals surface area contributed by atoms with Gasteiger partial charge in [0.15, 0.2) is 0 Å². The molecule has 0 N–H and O–H groups in total. The molecule has 18 heteroatoms. The van der Waals surface area contributed by atoms with Crippen LogP contribution in [0.25, 0.3) is 0 Å². The molecule has 0 aromatic rings. The molecule has 0 aromatic heterocycles. The van der Waals surface area contributed by atoms with Gasteiger partial charge in [-0.05, 0) is 156 Å². The molecule has 0 saturated carbocycles. The predicted octanol–water partition coefficient (Wildman–Crippen LogP) is -17.0. The molecule has 0 radical (unpaired) electrons. The average Bonchev–Trinajstić information content (AvgIpc) is 2.39. The van der Waals surface area contributed by atoms with Crippen LogP contribution in [0.1, 0.15) is 0 Å². The van der Waals surface area contributed by atoms with Crippen LogP contribution in [0, 0.1) is 0 Å². The monoisotopic (exact) mass is 542 g/mol. The summed E-state index contributed by atoms with van der Waals surface area (Å²) in [6.45, 7) is 0. The van der Waals surface area contributed by atoms with Crippen molar-refractivity contribution in [3.05, 3.63) is 0 Å². The van der Waals surface area contributed by atoms with Gasteiger partial charge in [0.1, 0.15) is 0 Å². The maximum atomic E-state index is 1.74. The van der Waals surface area contributed by atoms with E-state index in [-0.39, 0.29) is 0 Å². The van der Waals surface area contributed by atoms with E-state index in [0.717, 1.165) is 137 Å². The zero-order valence-corrected chi connectivity index (χ0v) is 39.9. The van der Waals surface area contributed by atoms with Crippen LogP contribution in [0.2, 0.25) is 0 Å². The highest BCUT2D eigenvalue weighted by Crippen LogP contribution is 1.60. The summed E-state index contributed by atoms with van der Waals surface area (Å²) in [5, 5.41) is 0. The Kier molecular flexibility index (Phi) is 25.4. The molecular weight excluding hydrogens is 506 g/mol. The standard InChI is InChI=1S/H38Si18/c1-3-5-7-9-11-13-15-17-18-16-14-12-10-8-6-4-2/h3-18H2,1-2H3. The Labute approximate surface area is 154 Å². The van der Waals surface area contributed by atoms with Crippen molar-refractivity contribution in [1.82, 2.24) is 0 Å². The summed E-state index contributed by atoms with van der Waals surface area (Å²) in [6, 6.07) is 0. The van der Waals surface area contributed by atoms with E-state index in [0.29, 0.717) is 0 Å². The molecule has 0 bridgehead atoms. The van der Waals surface area contributed by atoms with Gasteiger partial charge >= 0.3 is 0 Å². The van der Waals surface area contributed by atoms with Crippen molar-refractivity contribution in [2.75, 3.05) is 0 Å². The summed E-state index contributed by atoms with van der Waals surface area (Å²) in [6.07, 6.45) is 0. The van der Waals surface area contributed by atoms with Crippen LogP contribution in [0.15, 0.2) is 0 Å². The molecule has 0 saturated heterocycles. The summed E-state index contributed by atoms with van der Waals surface area (Å²) in [5.41, 5.74) is 0. The van der Waals surface area contributed by atoms with Gasteiger partial charge in [-0.3, -0.25) is 0 Å². The second-order valence-corrected chi connectivity index (χ2v) is 161. The van der Waals surface area contributed by atoms with Gasteiger partial charge < -0.3 is 0 Å². The number of hydrogen-bond acceptors (Lipinski definition) is 0. The van der Waals surface area contributed by atoms with E-state index in [1.165, 1.54) is 0 Å². The van der Waals surface area contributed by atoms with Gasteiger partial charge in [0.2, 0.25) is 0 Å². The maximum Gasteiger partial charge on any atom is -0.00934 e. The molecule has 0 rings (SSSR count). The minimum absolute atomic E-state index is 0.818. The van der Waals surface area contributed by atoms with E-state index < -0.39 is 0 Å². The van der Waals surface area contributed by atoms with Gasteiger partial charge in [-0.15, -0.1) is 0 Å². The van der Waals surface area contributed by atoms with E-state index in [2.05, 4.69) is 0 Å². The molecule has 0 aliphatic carbocycles. The predicted molar refractivity (Wildman–Crippen MR) is 157 cm³/mol. The van der Waals surface area contributed by atoms with Crippen molar-refractivity contribution in [1.29, 1.82) is 0 Å². The Morgan fingerprint density at radius 3 is 0.611 bits per heavy atom. The Balaban J connectivity index is 2.86. The first-order valence-corrected chi connectivity index (χ1v) is 80.2. The third-order valence-electron chi connectivity index (χ3n) is 3.96. The van der Waals surface area contributed by atoms with Gasteiger partial charge in [0, 0.05) is 0 Å². The van der Waals surface area contributed by atoms with E-state index in [4.69, 9.17) is 0 Å². The highest BCUT2D eigenvalue weighted by atomic mass is 30.1. The van der Waals surface area contributed by atoms with Gasteiger partial charge in [-0.2, -0.15) is 0 Å². The second-order valence-electron chi connectivity index (χ2n) is 5.95. The lowest BCUT2D eigenvalue weighted by Crippen LogP contribution is -2.35. The Hall–Kier alpha value is 3.90. The van der Waals surface area contributed by atoms with Crippen molar-refractivity contribution in [2.45, 2.75) is 0 Å². The highest BCUT2D eigenvalue weighted by Gasteiger charge is 1.98. The maximum absolute atomic E-state index is 1.74. The van der Waals surface area contributed by atoms with Crippen molar-refractivity contribution in [3.63, 3.8) is 0 Å². The molecule has 0 aromatic carbocycles. The SMILES string of the molecule is [SiH3][SiH2][SiH2][SiH2][SiH2][SiH2][SiH2][SiH2][SiH2][SiH2][SiH2][SiH2][SiH2][SiH2][SiH2][SiH2][SiH2][SiH3]. The normalized spacial score (nSPS) is 22.0.